The molecule has 1 rings (SSSR count). The van der Waals surface area contributed by atoms with Gasteiger partial charge < -0.3 is 4.90 Å². The van der Waals surface area contributed by atoms with Gasteiger partial charge in [-0.25, -0.2) is 0 Å². The van der Waals surface area contributed by atoms with Gasteiger partial charge in [0.15, 0.2) is 0 Å². The summed E-state index contributed by atoms with van der Waals surface area (Å²) in [4.78, 5) is 12.6. The van der Waals surface area contributed by atoms with Gasteiger partial charge in [-0.15, -0.1) is 11.6 Å². The molecule has 0 saturated carbocycles. The van der Waals surface area contributed by atoms with Crippen molar-refractivity contribution >= 4 is 23.0 Å². The molecule has 1 aromatic rings. The van der Waals surface area contributed by atoms with E-state index in [1.165, 1.54) is 6.07 Å². The van der Waals surface area contributed by atoms with Gasteiger partial charge in [0.05, 0.1) is 10.8 Å². The maximum absolute atomic E-state index is 10.8. The van der Waals surface area contributed by atoms with Crippen LogP contribution in [0.5, 0.6) is 0 Å². The van der Waals surface area contributed by atoms with Crippen LogP contribution in [0.3, 0.4) is 0 Å². The Kier molecular flexibility index (Phi) is 5.22. The highest BCUT2D eigenvalue weighted by Gasteiger charge is 2.14. The van der Waals surface area contributed by atoms with Gasteiger partial charge in [0.1, 0.15) is 0 Å². The highest BCUT2D eigenvalue weighted by molar-refractivity contribution is 6.17. The molecule has 0 radical (unpaired) electrons. The molecule has 0 aliphatic heterocycles. The summed E-state index contributed by atoms with van der Waals surface area (Å²) >= 11 is 5.75. The Morgan fingerprint density at radius 1 is 1.41 bits per heavy atom. The summed E-state index contributed by atoms with van der Waals surface area (Å²) in [7, 11) is 0. The lowest BCUT2D eigenvalue weighted by atomic mass is 10.1. The molecule has 0 saturated heterocycles. The molecule has 0 unspecified atom stereocenters. The SMILES string of the molecule is CCCN(CC)c1ccc([N+](=O)[O-])c(CCl)c1. The highest BCUT2D eigenvalue weighted by atomic mass is 35.5. The number of hydrogen-bond donors (Lipinski definition) is 0. The lowest BCUT2D eigenvalue weighted by Crippen LogP contribution is -2.23. The summed E-state index contributed by atoms with van der Waals surface area (Å²) in [5.74, 6) is 0.161. The molecule has 0 atom stereocenters. The van der Waals surface area contributed by atoms with E-state index in [1.54, 1.807) is 6.07 Å². The predicted octanol–water partition coefficient (Wildman–Crippen LogP) is 3.57. The summed E-state index contributed by atoms with van der Waals surface area (Å²) in [5, 5.41) is 10.8. The maximum atomic E-state index is 10.8. The Balaban J connectivity index is 3.07. The molecule has 0 heterocycles. The number of alkyl halides is 1. The predicted molar refractivity (Wildman–Crippen MR) is 70.8 cm³/mol. The summed E-state index contributed by atoms with van der Waals surface area (Å²) in [6.45, 7) is 6.00. The maximum Gasteiger partial charge on any atom is 0.273 e. The van der Waals surface area contributed by atoms with Gasteiger partial charge in [-0.1, -0.05) is 6.92 Å². The second kappa shape index (κ2) is 6.45. The van der Waals surface area contributed by atoms with Crippen molar-refractivity contribution in [2.75, 3.05) is 18.0 Å². The van der Waals surface area contributed by atoms with Crippen molar-refractivity contribution in [1.82, 2.24) is 0 Å². The molecule has 0 spiro atoms. The molecule has 0 aliphatic carbocycles. The lowest BCUT2D eigenvalue weighted by Gasteiger charge is -2.22. The van der Waals surface area contributed by atoms with Crippen molar-refractivity contribution in [2.45, 2.75) is 26.1 Å². The number of benzene rings is 1. The number of nitro benzene ring substituents is 1. The fourth-order valence-corrected chi connectivity index (χ4v) is 2.01. The Morgan fingerprint density at radius 3 is 2.59 bits per heavy atom. The van der Waals surface area contributed by atoms with E-state index in [2.05, 4.69) is 18.7 Å². The monoisotopic (exact) mass is 256 g/mol. The van der Waals surface area contributed by atoms with Crippen molar-refractivity contribution < 1.29 is 4.92 Å². The second-order valence-corrected chi connectivity index (χ2v) is 4.05. The van der Waals surface area contributed by atoms with Crippen LogP contribution in [0.4, 0.5) is 11.4 Å². The molecule has 0 N–H and O–H groups in total. The first-order chi connectivity index (χ1) is 8.13. The molecule has 0 fully saturated rings. The lowest BCUT2D eigenvalue weighted by molar-refractivity contribution is -0.385. The van der Waals surface area contributed by atoms with Gasteiger partial charge in [-0.2, -0.15) is 0 Å². The Labute approximate surface area is 106 Å². The molecule has 17 heavy (non-hydrogen) atoms. The third-order valence-corrected chi connectivity index (χ3v) is 2.93. The molecule has 0 bridgehead atoms. The molecule has 1 aromatic carbocycles. The second-order valence-electron chi connectivity index (χ2n) is 3.78. The molecule has 0 aliphatic rings. The molecule has 4 nitrogen and oxygen atoms in total. The number of hydrogen-bond acceptors (Lipinski definition) is 3. The van der Waals surface area contributed by atoms with Crippen molar-refractivity contribution in [3.63, 3.8) is 0 Å². The first-order valence-corrected chi connectivity index (χ1v) is 6.25. The minimum atomic E-state index is -0.391. The quantitative estimate of drug-likeness (QED) is 0.444. The summed E-state index contributed by atoms with van der Waals surface area (Å²) in [5.41, 5.74) is 1.66. The number of nitrogens with zero attached hydrogens (tertiary/aromatic N) is 2. The normalized spacial score (nSPS) is 10.3. The zero-order valence-corrected chi connectivity index (χ0v) is 10.9. The fourth-order valence-electron chi connectivity index (χ4n) is 1.79. The number of nitro groups is 1. The van der Waals surface area contributed by atoms with Crippen molar-refractivity contribution in [3.05, 3.63) is 33.9 Å². The van der Waals surface area contributed by atoms with Gasteiger partial charge in [0, 0.05) is 30.4 Å². The third kappa shape index (κ3) is 3.33. The van der Waals surface area contributed by atoms with E-state index < -0.39 is 4.92 Å². The largest absolute Gasteiger partial charge is 0.372 e. The Morgan fingerprint density at radius 2 is 2.12 bits per heavy atom. The van der Waals surface area contributed by atoms with Gasteiger partial charge in [-0.3, -0.25) is 10.1 Å². The van der Waals surface area contributed by atoms with Crippen molar-refractivity contribution in [3.8, 4) is 0 Å². The minimum absolute atomic E-state index is 0.0938. The van der Waals surface area contributed by atoms with E-state index in [0.29, 0.717) is 5.56 Å². The van der Waals surface area contributed by atoms with Crippen LogP contribution in [0.15, 0.2) is 18.2 Å². The van der Waals surface area contributed by atoms with E-state index in [-0.39, 0.29) is 11.6 Å². The van der Waals surface area contributed by atoms with Crippen LogP contribution < -0.4 is 4.90 Å². The van der Waals surface area contributed by atoms with E-state index in [1.807, 2.05) is 6.07 Å². The van der Waals surface area contributed by atoms with Gasteiger partial charge in [-0.05, 0) is 25.5 Å². The van der Waals surface area contributed by atoms with Gasteiger partial charge >= 0.3 is 0 Å². The van der Waals surface area contributed by atoms with Crippen LogP contribution in [0, 0.1) is 10.1 Å². The molecular formula is C12H17ClN2O2. The first kappa shape index (κ1) is 13.8. The van der Waals surface area contributed by atoms with Gasteiger partial charge in [0.25, 0.3) is 5.69 Å². The van der Waals surface area contributed by atoms with E-state index in [9.17, 15) is 10.1 Å². The first-order valence-electron chi connectivity index (χ1n) is 5.72. The van der Waals surface area contributed by atoms with Crippen LogP contribution >= 0.6 is 11.6 Å². The average Bonchev–Trinajstić information content (AvgIpc) is 2.34. The topological polar surface area (TPSA) is 46.4 Å². The zero-order chi connectivity index (χ0) is 12.8. The molecule has 0 amide bonds. The third-order valence-electron chi connectivity index (χ3n) is 2.64. The van der Waals surface area contributed by atoms with E-state index >= 15 is 0 Å². The fraction of sp³-hybridized carbons (Fsp3) is 0.500. The molecule has 0 aromatic heterocycles. The van der Waals surface area contributed by atoms with Crippen LogP contribution in [0.1, 0.15) is 25.8 Å². The Bertz CT molecular complexity index is 396. The summed E-state index contributed by atoms with van der Waals surface area (Å²) in [6.07, 6.45) is 1.04. The van der Waals surface area contributed by atoms with E-state index in [4.69, 9.17) is 11.6 Å². The van der Waals surface area contributed by atoms with Crippen molar-refractivity contribution in [2.24, 2.45) is 0 Å². The molecule has 94 valence electrons. The smallest absolute Gasteiger partial charge is 0.273 e. The van der Waals surface area contributed by atoms with Crippen LogP contribution in [-0.2, 0) is 5.88 Å². The minimum Gasteiger partial charge on any atom is -0.372 e. The average molecular weight is 257 g/mol. The van der Waals surface area contributed by atoms with Gasteiger partial charge in [0.2, 0.25) is 0 Å². The van der Waals surface area contributed by atoms with Crippen LogP contribution in [0.2, 0.25) is 0 Å². The summed E-state index contributed by atoms with van der Waals surface area (Å²) < 4.78 is 0. The standard InChI is InChI=1S/C12H17ClN2O2/c1-3-7-14(4-2)11-5-6-12(15(16)17)10(8-11)9-13/h5-6,8H,3-4,7,9H2,1-2H3. The number of rotatable bonds is 6. The number of anilines is 1. The summed E-state index contributed by atoms with van der Waals surface area (Å²) in [6, 6.07) is 5.13. The van der Waals surface area contributed by atoms with Crippen molar-refractivity contribution in [1.29, 1.82) is 0 Å². The van der Waals surface area contributed by atoms with Crippen LogP contribution in [-0.4, -0.2) is 18.0 Å². The van der Waals surface area contributed by atoms with E-state index in [0.717, 1.165) is 25.2 Å². The zero-order valence-electron chi connectivity index (χ0n) is 10.1. The molecular weight excluding hydrogens is 240 g/mol. The molecule has 5 heteroatoms. The Hall–Kier alpha value is -1.29. The number of halogens is 1. The highest BCUT2D eigenvalue weighted by Crippen LogP contribution is 2.26. The van der Waals surface area contributed by atoms with Crippen LogP contribution in [0.25, 0.3) is 0 Å².